The van der Waals surface area contributed by atoms with Gasteiger partial charge in [-0.1, -0.05) is 18.6 Å². The number of ether oxygens (including phenoxy) is 1. The second-order valence-electron chi connectivity index (χ2n) is 8.75. The van der Waals surface area contributed by atoms with Crippen LogP contribution in [0.4, 0.5) is 14.5 Å². The molecule has 0 aromatic heterocycles. The van der Waals surface area contributed by atoms with Gasteiger partial charge in [-0.2, -0.15) is 13.1 Å². The number of rotatable bonds is 8. The summed E-state index contributed by atoms with van der Waals surface area (Å²) in [5, 5.41) is 0. The first kappa shape index (κ1) is 24.6. The van der Waals surface area contributed by atoms with Gasteiger partial charge in [0.1, 0.15) is 5.75 Å². The fourth-order valence-electron chi connectivity index (χ4n) is 4.56. The van der Waals surface area contributed by atoms with Gasteiger partial charge in [-0.25, -0.2) is 8.42 Å². The maximum atomic E-state index is 13.0. The molecule has 0 bridgehead atoms. The minimum atomic E-state index is -3.52. The number of benzene rings is 2. The van der Waals surface area contributed by atoms with Crippen LogP contribution in [0, 0.1) is 0 Å². The molecule has 0 N–H and O–H groups in total. The van der Waals surface area contributed by atoms with E-state index in [9.17, 15) is 22.0 Å². The van der Waals surface area contributed by atoms with Crippen LogP contribution in [0.3, 0.4) is 0 Å². The van der Waals surface area contributed by atoms with Gasteiger partial charge >= 0.3 is 6.61 Å². The van der Waals surface area contributed by atoms with E-state index in [1.807, 2.05) is 0 Å². The van der Waals surface area contributed by atoms with E-state index in [2.05, 4.69) is 4.74 Å². The number of halogens is 2. The molecule has 0 aliphatic carbocycles. The van der Waals surface area contributed by atoms with E-state index < -0.39 is 16.6 Å². The Morgan fingerprint density at radius 3 is 2.59 bits per heavy atom. The molecule has 1 fully saturated rings. The Bertz CT molecular complexity index is 1140. The summed E-state index contributed by atoms with van der Waals surface area (Å²) in [6, 6.07) is 11.4. The molecule has 2 heterocycles. The molecule has 10 heteroatoms. The van der Waals surface area contributed by atoms with Crippen molar-refractivity contribution in [2.75, 3.05) is 38.1 Å². The highest BCUT2D eigenvalue weighted by Gasteiger charge is 2.30. The highest BCUT2D eigenvalue weighted by Crippen LogP contribution is 2.32. The number of alkyl halides is 2. The number of hydrogen-bond acceptors (Lipinski definition) is 5. The quantitative estimate of drug-likeness (QED) is 0.563. The van der Waals surface area contributed by atoms with Crippen LogP contribution in [-0.4, -0.2) is 63.4 Å². The molecule has 2 aromatic carbocycles. The van der Waals surface area contributed by atoms with Crippen LogP contribution < -0.4 is 9.64 Å². The lowest BCUT2D eigenvalue weighted by Crippen LogP contribution is -2.38. The van der Waals surface area contributed by atoms with Gasteiger partial charge < -0.3 is 9.64 Å². The van der Waals surface area contributed by atoms with Crippen molar-refractivity contribution in [2.24, 2.45) is 0 Å². The van der Waals surface area contributed by atoms with Crippen LogP contribution in [0.5, 0.6) is 5.75 Å². The second-order valence-corrected chi connectivity index (χ2v) is 10.7. The molecule has 7 nitrogen and oxygen atoms in total. The number of likely N-dealkylation sites (N-methyl/N-ethyl adjacent to an activating group) is 1. The molecule has 0 atom stereocenters. The number of fused-ring (bicyclic) bond motifs is 1. The summed E-state index contributed by atoms with van der Waals surface area (Å²) < 4.78 is 56.9. The van der Waals surface area contributed by atoms with E-state index in [0.717, 1.165) is 36.1 Å². The van der Waals surface area contributed by atoms with E-state index >= 15 is 0 Å². The zero-order valence-corrected chi connectivity index (χ0v) is 19.9. The van der Waals surface area contributed by atoms with Gasteiger partial charge in [-0.15, -0.1) is 0 Å². The first-order chi connectivity index (χ1) is 16.2. The first-order valence-corrected chi connectivity index (χ1v) is 12.8. The summed E-state index contributed by atoms with van der Waals surface area (Å²) in [6.07, 6.45) is 3.41. The van der Waals surface area contributed by atoms with E-state index in [1.165, 1.54) is 12.1 Å². The molecule has 0 unspecified atom stereocenters. The molecular formula is C24H29F2N3O4S. The third-order valence-electron chi connectivity index (χ3n) is 6.18. The zero-order valence-electron chi connectivity index (χ0n) is 19.1. The van der Waals surface area contributed by atoms with E-state index in [-0.39, 0.29) is 23.1 Å². The molecule has 2 aromatic rings. The lowest BCUT2D eigenvalue weighted by molar-refractivity contribution is -0.119. The van der Waals surface area contributed by atoms with E-state index in [1.54, 1.807) is 51.5 Å². The summed E-state index contributed by atoms with van der Waals surface area (Å²) in [4.78, 5) is 16.7. The Labute approximate surface area is 199 Å². The fraction of sp³-hybridized carbons (Fsp3) is 0.458. The zero-order chi connectivity index (χ0) is 24.3. The molecule has 0 saturated carbocycles. The minimum absolute atomic E-state index is 0.0796. The average molecular weight is 494 g/mol. The number of anilines is 1. The monoisotopic (exact) mass is 493 g/mol. The summed E-state index contributed by atoms with van der Waals surface area (Å²) >= 11 is 0. The van der Waals surface area contributed by atoms with Gasteiger partial charge in [0.05, 0.1) is 11.4 Å². The van der Waals surface area contributed by atoms with Gasteiger partial charge in [-0.3, -0.25) is 9.69 Å². The summed E-state index contributed by atoms with van der Waals surface area (Å²) in [6.45, 7) is -0.777. The number of carbonyl (C=O) groups excluding carboxylic acids is 1. The highest BCUT2D eigenvalue weighted by atomic mass is 32.2. The average Bonchev–Trinajstić information content (AvgIpc) is 3.23. The maximum Gasteiger partial charge on any atom is 0.387 e. The van der Waals surface area contributed by atoms with Gasteiger partial charge in [0.15, 0.2) is 0 Å². The lowest BCUT2D eigenvalue weighted by Gasteiger charge is -2.26. The van der Waals surface area contributed by atoms with Gasteiger partial charge in [0.25, 0.3) is 0 Å². The van der Waals surface area contributed by atoms with Crippen molar-refractivity contribution in [3.8, 4) is 5.75 Å². The van der Waals surface area contributed by atoms with Crippen molar-refractivity contribution >= 4 is 21.6 Å². The number of sulfonamides is 1. The maximum absolute atomic E-state index is 13.0. The normalized spacial score (nSPS) is 16.8. The van der Waals surface area contributed by atoms with Crippen LogP contribution in [0.1, 0.15) is 30.4 Å². The SMILES string of the molecule is CN(CC(=O)N1CCc2cc(S(=O)(=O)N3CCCCC3)ccc21)Cc1cccc(OC(F)F)c1. The van der Waals surface area contributed by atoms with Crippen molar-refractivity contribution in [1.82, 2.24) is 9.21 Å². The summed E-state index contributed by atoms with van der Waals surface area (Å²) in [5.41, 5.74) is 2.34. The molecule has 4 rings (SSSR count). The Kier molecular flexibility index (Phi) is 7.49. The van der Waals surface area contributed by atoms with Crippen molar-refractivity contribution < 1.29 is 26.7 Å². The summed E-state index contributed by atoms with van der Waals surface area (Å²) in [7, 11) is -1.74. The largest absolute Gasteiger partial charge is 0.435 e. The second kappa shape index (κ2) is 10.4. The van der Waals surface area contributed by atoms with E-state index in [0.29, 0.717) is 32.6 Å². The van der Waals surface area contributed by atoms with Crippen LogP contribution in [0.2, 0.25) is 0 Å². The lowest BCUT2D eigenvalue weighted by atomic mass is 10.2. The smallest absolute Gasteiger partial charge is 0.387 e. The number of nitrogens with zero attached hydrogens (tertiary/aromatic N) is 3. The third kappa shape index (κ3) is 5.56. The molecule has 0 radical (unpaired) electrons. The van der Waals surface area contributed by atoms with Crippen molar-refractivity contribution in [3.63, 3.8) is 0 Å². The van der Waals surface area contributed by atoms with Crippen LogP contribution >= 0.6 is 0 Å². The van der Waals surface area contributed by atoms with Gasteiger partial charge in [0.2, 0.25) is 15.9 Å². The Balaban J connectivity index is 1.40. The third-order valence-corrected chi connectivity index (χ3v) is 8.08. The molecule has 184 valence electrons. The van der Waals surface area contributed by atoms with E-state index in [4.69, 9.17) is 0 Å². The molecule has 2 aliphatic rings. The standard InChI is InChI=1S/C24H29F2N3O4S/c1-27(16-18-6-5-7-20(14-18)33-24(25)26)17-23(30)29-13-10-19-15-21(8-9-22(19)29)34(31,32)28-11-3-2-4-12-28/h5-9,14-15,24H,2-4,10-13,16-17H2,1H3. The molecule has 1 saturated heterocycles. The topological polar surface area (TPSA) is 70.2 Å². The molecule has 0 spiro atoms. The number of carbonyl (C=O) groups is 1. The molecule has 34 heavy (non-hydrogen) atoms. The van der Waals surface area contributed by atoms with Crippen LogP contribution in [-0.2, 0) is 27.8 Å². The van der Waals surface area contributed by atoms with Crippen LogP contribution in [0.15, 0.2) is 47.4 Å². The van der Waals surface area contributed by atoms with Gasteiger partial charge in [0, 0.05) is 31.9 Å². The van der Waals surface area contributed by atoms with Crippen LogP contribution in [0.25, 0.3) is 0 Å². The van der Waals surface area contributed by atoms with Crippen molar-refractivity contribution in [1.29, 1.82) is 0 Å². The Hall–Kier alpha value is -2.56. The Morgan fingerprint density at radius 1 is 1.09 bits per heavy atom. The first-order valence-electron chi connectivity index (χ1n) is 11.4. The van der Waals surface area contributed by atoms with Crippen molar-refractivity contribution in [3.05, 3.63) is 53.6 Å². The number of piperidine rings is 1. The number of hydrogen-bond donors (Lipinski definition) is 0. The molecule has 2 aliphatic heterocycles. The molecule has 1 amide bonds. The summed E-state index contributed by atoms with van der Waals surface area (Å²) in [5.74, 6) is -0.0242. The predicted molar refractivity (Wildman–Crippen MR) is 125 cm³/mol. The predicted octanol–water partition coefficient (Wildman–Crippen LogP) is 3.48. The minimum Gasteiger partial charge on any atom is -0.435 e. The fourth-order valence-corrected chi connectivity index (χ4v) is 6.12. The van der Waals surface area contributed by atoms with Gasteiger partial charge in [-0.05, 0) is 67.8 Å². The molecular weight excluding hydrogens is 464 g/mol. The Morgan fingerprint density at radius 2 is 1.85 bits per heavy atom. The number of amides is 1. The van der Waals surface area contributed by atoms with Crippen molar-refractivity contribution in [2.45, 2.75) is 43.7 Å². The highest BCUT2D eigenvalue weighted by molar-refractivity contribution is 7.89.